The molecular weight excluding hydrogens is 365 g/mol. The van der Waals surface area contributed by atoms with Crippen LogP contribution in [0.25, 0.3) is 0 Å². The Balaban J connectivity index is 1.78. The number of halogens is 1. The van der Waals surface area contributed by atoms with Gasteiger partial charge in [0.15, 0.2) is 6.61 Å². The highest BCUT2D eigenvalue weighted by molar-refractivity contribution is 5.95. The van der Waals surface area contributed by atoms with Crippen molar-refractivity contribution in [1.82, 2.24) is 10.6 Å². The number of carbonyl (C=O) groups excluding carboxylic acids is 3. The van der Waals surface area contributed by atoms with Crippen LogP contribution in [0, 0.1) is 5.82 Å². The number of nitrogens with one attached hydrogen (secondary N) is 3. The molecule has 2 aromatic rings. The zero-order valence-corrected chi connectivity index (χ0v) is 15.6. The van der Waals surface area contributed by atoms with E-state index in [4.69, 9.17) is 4.74 Å². The number of urea groups is 1. The molecule has 0 heterocycles. The lowest BCUT2D eigenvalue weighted by molar-refractivity contribution is -0.119. The van der Waals surface area contributed by atoms with Crippen molar-refractivity contribution in [2.24, 2.45) is 0 Å². The van der Waals surface area contributed by atoms with Crippen LogP contribution in [0.5, 0.6) is 0 Å². The van der Waals surface area contributed by atoms with Crippen molar-refractivity contribution in [2.75, 3.05) is 11.9 Å². The van der Waals surface area contributed by atoms with Gasteiger partial charge >= 0.3 is 12.0 Å². The third kappa shape index (κ3) is 7.06. The van der Waals surface area contributed by atoms with E-state index in [1.807, 2.05) is 13.8 Å². The van der Waals surface area contributed by atoms with Crippen molar-refractivity contribution in [1.29, 1.82) is 0 Å². The molecule has 148 valence electrons. The fraction of sp³-hybridized carbons (Fsp3) is 0.250. The molecule has 28 heavy (non-hydrogen) atoms. The van der Waals surface area contributed by atoms with Crippen molar-refractivity contribution in [3.63, 3.8) is 0 Å². The van der Waals surface area contributed by atoms with E-state index in [9.17, 15) is 18.8 Å². The average Bonchev–Trinajstić information content (AvgIpc) is 2.66. The first-order chi connectivity index (χ1) is 13.3. The first kappa shape index (κ1) is 20.9. The summed E-state index contributed by atoms with van der Waals surface area (Å²) in [6.45, 7) is 3.57. The second kappa shape index (κ2) is 10.1. The Labute approximate surface area is 162 Å². The largest absolute Gasteiger partial charge is 0.452 e. The van der Waals surface area contributed by atoms with Crippen LogP contribution in [0.1, 0.15) is 29.8 Å². The first-order valence-electron chi connectivity index (χ1n) is 8.69. The van der Waals surface area contributed by atoms with Crippen molar-refractivity contribution in [2.45, 2.75) is 26.4 Å². The summed E-state index contributed by atoms with van der Waals surface area (Å²) >= 11 is 0. The van der Waals surface area contributed by atoms with Crippen LogP contribution in [-0.2, 0) is 16.1 Å². The second-order valence-electron chi connectivity index (χ2n) is 6.31. The number of amides is 3. The van der Waals surface area contributed by atoms with Gasteiger partial charge in [-0.25, -0.2) is 14.0 Å². The quantitative estimate of drug-likeness (QED) is 0.637. The normalized spacial score (nSPS) is 10.3. The topological polar surface area (TPSA) is 96.5 Å². The molecule has 0 spiro atoms. The molecule has 0 bridgehead atoms. The Morgan fingerprint density at radius 2 is 1.64 bits per heavy atom. The summed E-state index contributed by atoms with van der Waals surface area (Å²) in [6.07, 6.45) is 0. The highest BCUT2D eigenvalue weighted by atomic mass is 19.1. The van der Waals surface area contributed by atoms with Crippen molar-refractivity contribution in [3.8, 4) is 0 Å². The summed E-state index contributed by atoms with van der Waals surface area (Å²) in [6, 6.07) is 11.5. The average molecular weight is 387 g/mol. The molecule has 0 saturated carbocycles. The maximum Gasteiger partial charge on any atom is 0.338 e. The molecule has 0 aromatic heterocycles. The highest BCUT2D eigenvalue weighted by Crippen LogP contribution is 2.09. The smallest absolute Gasteiger partial charge is 0.338 e. The monoisotopic (exact) mass is 387 g/mol. The van der Waals surface area contributed by atoms with E-state index in [0.717, 1.165) is 5.56 Å². The van der Waals surface area contributed by atoms with E-state index in [2.05, 4.69) is 16.0 Å². The minimum absolute atomic E-state index is 0.0393. The third-order valence-corrected chi connectivity index (χ3v) is 3.52. The van der Waals surface area contributed by atoms with Gasteiger partial charge in [0.1, 0.15) is 5.82 Å². The predicted octanol–water partition coefficient (Wildman–Crippen LogP) is 2.83. The zero-order valence-electron chi connectivity index (χ0n) is 15.6. The summed E-state index contributed by atoms with van der Waals surface area (Å²) in [4.78, 5) is 35.3. The summed E-state index contributed by atoms with van der Waals surface area (Å²) in [7, 11) is 0. The minimum atomic E-state index is -0.647. The first-order valence-corrected chi connectivity index (χ1v) is 8.69. The van der Waals surface area contributed by atoms with E-state index in [-0.39, 0.29) is 17.6 Å². The van der Waals surface area contributed by atoms with Gasteiger partial charge in [0.25, 0.3) is 5.91 Å². The molecular formula is C20H22FN3O4. The second-order valence-corrected chi connectivity index (χ2v) is 6.31. The maximum absolute atomic E-state index is 12.8. The summed E-state index contributed by atoms with van der Waals surface area (Å²) in [5.74, 6) is -1.59. The Morgan fingerprint density at radius 3 is 2.25 bits per heavy atom. The number of benzene rings is 2. The Hall–Kier alpha value is -3.42. The van der Waals surface area contributed by atoms with Gasteiger partial charge in [0, 0.05) is 18.3 Å². The standard InChI is InChI=1S/C20H22FN3O4/c1-13(2)23-20(27)22-11-14-3-5-15(6-4-14)19(26)28-12-18(25)24-17-9-7-16(21)8-10-17/h3-10,13H,11-12H2,1-2H3,(H,24,25)(H2,22,23,27). The molecule has 0 atom stereocenters. The van der Waals surface area contributed by atoms with E-state index < -0.39 is 24.3 Å². The third-order valence-electron chi connectivity index (χ3n) is 3.52. The number of ether oxygens (including phenoxy) is 1. The van der Waals surface area contributed by atoms with Gasteiger partial charge < -0.3 is 20.7 Å². The fourth-order valence-corrected chi connectivity index (χ4v) is 2.20. The summed E-state index contributed by atoms with van der Waals surface area (Å²) in [5, 5.41) is 7.91. The molecule has 7 nitrogen and oxygen atoms in total. The number of hydrogen-bond acceptors (Lipinski definition) is 4. The van der Waals surface area contributed by atoms with Crippen LogP contribution in [-0.4, -0.2) is 30.6 Å². The van der Waals surface area contributed by atoms with Gasteiger partial charge in [-0.3, -0.25) is 4.79 Å². The molecule has 2 rings (SSSR count). The number of hydrogen-bond donors (Lipinski definition) is 3. The molecule has 0 aliphatic heterocycles. The summed E-state index contributed by atoms with van der Waals surface area (Å²) < 4.78 is 17.8. The molecule has 0 aliphatic carbocycles. The van der Waals surface area contributed by atoms with Crippen LogP contribution in [0.3, 0.4) is 0 Å². The van der Waals surface area contributed by atoms with Crippen LogP contribution < -0.4 is 16.0 Å². The predicted molar refractivity (Wildman–Crippen MR) is 102 cm³/mol. The molecule has 3 amide bonds. The maximum atomic E-state index is 12.8. The van der Waals surface area contributed by atoms with Gasteiger partial charge in [-0.2, -0.15) is 0 Å². The van der Waals surface area contributed by atoms with Gasteiger partial charge in [-0.1, -0.05) is 12.1 Å². The highest BCUT2D eigenvalue weighted by Gasteiger charge is 2.11. The SMILES string of the molecule is CC(C)NC(=O)NCc1ccc(C(=O)OCC(=O)Nc2ccc(F)cc2)cc1. The summed E-state index contributed by atoms with van der Waals surface area (Å²) in [5.41, 5.74) is 1.50. The van der Waals surface area contributed by atoms with Crippen molar-refractivity contribution >= 4 is 23.6 Å². The van der Waals surface area contributed by atoms with Gasteiger partial charge in [0.2, 0.25) is 0 Å². The van der Waals surface area contributed by atoms with E-state index in [0.29, 0.717) is 12.2 Å². The molecule has 0 radical (unpaired) electrons. The van der Waals surface area contributed by atoms with Crippen LogP contribution in [0.2, 0.25) is 0 Å². The van der Waals surface area contributed by atoms with E-state index >= 15 is 0 Å². The molecule has 3 N–H and O–H groups in total. The number of carbonyl (C=O) groups is 3. The van der Waals surface area contributed by atoms with Crippen LogP contribution >= 0.6 is 0 Å². The molecule has 0 saturated heterocycles. The lowest BCUT2D eigenvalue weighted by Crippen LogP contribution is -2.39. The lowest BCUT2D eigenvalue weighted by atomic mass is 10.1. The zero-order chi connectivity index (χ0) is 20.5. The minimum Gasteiger partial charge on any atom is -0.452 e. The van der Waals surface area contributed by atoms with Gasteiger partial charge in [-0.05, 0) is 55.8 Å². The van der Waals surface area contributed by atoms with Gasteiger partial charge in [-0.15, -0.1) is 0 Å². The van der Waals surface area contributed by atoms with E-state index in [1.165, 1.54) is 24.3 Å². The van der Waals surface area contributed by atoms with Crippen molar-refractivity contribution in [3.05, 3.63) is 65.5 Å². The fourth-order valence-electron chi connectivity index (χ4n) is 2.20. The number of esters is 1. The van der Waals surface area contributed by atoms with Crippen LogP contribution in [0.4, 0.5) is 14.9 Å². The molecule has 0 aliphatic rings. The van der Waals surface area contributed by atoms with Crippen molar-refractivity contribution < 1.29 is 23.5 Å². The van der Waals surface area contributed by atoms with Gasteiger partial charge in [0.05, 0.1) is 5.56 Å². The molecule has 2 aromatic carbocycles. The Kier molecular flexibility index (Phi) is 7.50. The Bertz CT molecular complexity index is 820. The number of anilines is 1. The van der Waals surface area contributed by atoms with E-state index in [1.54, 1.807) is 24.3 Å². The molecule has 0 unspecified atom stereocenters. The number of rotatable bonds is 7. The van der Waals surface area contributed by atoms with Crippen LogP contribution in [0.15, 0.2) is 48.5 Å². The Morgan fingerprint density at radius 1 is 1.00 bits per heavy atom. The lowest BCUT2D eigenvalue weighted by Gasteiger charge is -2.10. The molecule has 8 heteroatoms. The molecule has 0 fully saturated rings.